The summed E-state index contributed by atoms with van der Waals surface area (Å²) in [6.07, 6.45) is 1.16. The highest BCUT2D eigenvalue weighted by Gasteiger charge is 2.28. The zero-order chi connectivity index (χ0) is 19.0. The highest BCUT2D eigenvalue weighted by Crippen LogP contribution is 2.29. The molecule has 4 heterocycles. The third-order valence-corrected chi connectivity index (χ3v) is 6.14. The molecule has 1 aliphatic heterocycles. The Hall–Kier alpha value is -2.05. The van der Waals surface area contributed by atoms with Gasteiger partial charge in [-0.2, -0.15) is 0 Å². The Morgan fingerprint density at radius 3 is 2.70 bits per heavy atom. The van der Waals surface area contributed by atoms with Crippen LogP contribution in [0.5, 0.6) is 5.75 Å². The van der Waals surface area contributed by atoms with Crippen LogP contribution in [0.3, 0.4) is 0 Å². The van der Waals surface area contributed by atoms with Crippen LogP contribution in [0.4, 0.5) is 0 Å². The first-order valence-corrected chi connectivity index (χ1v) is 10.4. The molecule has 1 fully saturated rings. The first-order valence-electron chi connectivity index (χ1n) is 9.54. The fourth-order valence-electron chi connectivity index (χ4n) is 3.80. The lowest BCUT2D eigenvalue weighted by Crippen LogP contribution is -2.26. The molecule has 0 saturated carbocycles. The summed E-state index contributed by atoms with van der Waals surface area (Å²) >= 11 is 1.70. The van der Waals surface area contributed by atoms with Gasteiger partial charge >= 0.3 is 0 Å². The summed E-state index contributed by atoms with van der Waals surface area (Å²) in [6, 6.07) is 8.63. The molecule has 1 unspecified atom stereocenters. The molecule has 6 heteroatoms. The van der Waals surface area contributed by atoms with Crippen molar-refractivity contribution in [1.29, 1.82) is 0 Å². The summed E-state index contributed by atoms with van der Waals surface area (Å²) in [6.45, 7) is 11.2. The van der Waals surface area contributed by atoms with Crippen molar-refractivity contribution in [1.82, 2.24) is 19.9 Å². The number of aromatic nitrogens is 3. The van der Waals surface area contributed by atoms with E-state index in [4.69, 9.17) is 9.72 Å². The van der Waals surface area contributed by atoms with E-state index in [2.05, 4.69) is 33.9 Å². The molecule has 0 bridgehead atoms. The molecule has 0 aliphatic carbocycles. The highest BCUT2D eigenvalue weighted by atomic mass is 32.1. The average molecular weight is 383 g/mol. The number of rotatable bonds is 5. The first kappa shape index (κ1) is 18.3. The van der Waals surface area contributed by atoms with Crippen molar-refractivity contribution in [2.45, 2.75) is 40.2 Å². The predicted molar refractivity (Wildman–Crippen MR) is 109 cm³/mol. The molecule has 3 aromatic rings. The fraction of sp³-hybridized carbons (Fsp3) is 0.476. The van der Waals surface area contributed by atoms with Crippen LogP contribution in [0.2, 0.25) is 0 Å². The van der Waals surface area contributed by atoms with E-state index in [0.717, 1.165) is 59.6 Å². The summed E-state index contributed by atoms with van der Waals surface area (Å²) in [5.41, 5.74) is 4.00. The number of ether oxygens (including phenoxy) is 1. The smallest absolute Gasteiger partial charge is 0.170 e. The van der Waals surface area contributed by atoms with Crippen LogP contribution in [0.15, 0.2) is 24.3 Å². The number of thiazole rings is 1. The quantitative estimate of drug-likeness (QED) is 0.651. The van der Waals surface area contributed by atoms with Crippen LogP contribution in [0.1, 0.15) is 41.5 Å². The van der Waals surface area contributed by atoms with E-state index in [1.165, 1.54) is 4.70 Å². The van der Waals surface area contributed by atoms with Gasteiger partial charge in [0.25, 0.3) is 0 Å². The molecule has 0 N–H and O–H groups in total. The molecular weight excluding hydrogens is 356 g/mol. The lowest BCUT2D eigenvalue weighted by Gasteiger charge is -2.24. The van der Waals surface area contributed by atoms with E-state index in [1.807, 2.05) is 32.9 Å². The minimum atomic E-state index is 0.298. The molecule has 1 aliphatic rings. The van der Waals surface area contributed by atoms with Gasteiger partial charge in [-0.1, -0.05) is 0 Å². The van der Waals surface area contributed by atoms with Gasteiger partial charge in [0.1, 0.15) is 5.75 Å². The second-order valence-corrected chi connectivity index (χ2v) is 8.75. The predicted octanol–water partition coefficient (Wildman–Crippen LogP) is 4.47. The summed E-state index contributed by atoms with van der Waals surface area (Å²) < 4.78 is 7.22. The molecule has 27 heavy (non-hydrogen) atoms. The molecule has 0 spiro atoms. The maximum atomic E-state index is 6.05. The second kappa shape index (κ2) is 7.52. The number of fused-ring (bicyclic) bond motifs is 1. The molecule has 5 nitrogen and oxygen atoms in total. The van der Waals surface area contributed by atoms with Crippen LogP contribution in [0.25, 0.3) is 10.3 Å². The largest absolute Gasteiger partial charge is 0.493 e. The molecule has 2 atom stereocenters. The third kappa shape index (κ3) is 4.12. The van der Waals surface area contributed by atoms with Gasteiger partial charge in [-0.15, -0.1) is 11.3 Å². The minimum absolute atomic E-state index is 0.298. The fourth-order valence-corrected chi connectivity index (χ4v) is 4.57. The average Bonchev–Trinajstić information content (AvgIpc) is 3.23. The van der Waals surface area contributed by atoms with Gasteiger partial charge in [-0.3, -0.25) is 9.88 Å². The molecule has 0 amide bonds. The van der Waals surface area contributed by atoms with Gasteiger partial charge in [0.2, 0.25) is 0 Å². The lowest BCUT2D eigenvalue weighted by atomic mass is 10.1. The maximum Gasteiger partial charge on any atom is 0.170 e. The molecule has 0 radical (unpaired) electrons. The standard InChI is InChI=1S/C21H26N4OS/c1-13-9-18(10-14(2)22-13)26-12-17-7-8-25(11-17)15(3)19-5-6-20-21(24-19)23-16(4)27-20/h5-6,9-10,15,17H,7-8,11-12H2,1-4H3/t15?,17-/m1/s1. The van der Waals surface area contributed by atoms with Gasteiger partial charge < -0.3 is 4.74 Å². The lowest BCUT2D eigenvalue weighted by molar-refractivity contribution is 0.215. The van der Waals surface area contributed by atoms with Gasteiger partial charge in [0.05, 0.1) is 22.0 Å². The number of likely N-dealkylation sites (tertiary alicyclic amines) is 1. The van der Waals surface area contributed by atoms with Crippen molar-refractivity contribution < 1.29 is 4.74 Å². The van der Waals surface area contributed by atoms with E-state index < -0.39 is 0 Å². The van der Waals surface area contributed by atoms with Crippen LogP contribution in [-0.4, -0.2) is 39.5 Å². The highest BCUT2D eigenvalue weighted by molar-refractivity contribution is 7.18. The van der Waals surface area contributed by atoms with Crippen molar-refractivity contribution in [3.05, 3.63) is 46.4 Å². The van der Waals surface area contributed by atoms with Gasteiger partial charge in [0, 0.05) is 42.0 Å². The molecule has 3 aromatic heterocycles. The van der Waals surface area contributed by atoms with E-state index >= 15 is 0 Å². The summed E-state index contributed by atoms with van der Waals surface area (Å²) in [7, 11) is 0. The Morgan fingerprint density at radius 2 is 1.93 bits per heavy atom. The summed E-state index contributed by atoms with van der Waals surface area (Å²) in [5.74, 6) is 1.48. The zero-order valence-electron chi connectivity index (χ0n) is 16.4. The Kier molecular flexibility index (Phi) is 5.10. The van der Waals surface area contributed by atoms with Crippen molar-refractivity contribution in [2.24, 2.45) is 5.92 Å². The topological polar surface area (TPSA) is 51.1 Å². The van der Waals surface area contributed by atoms with Crippen molar-refractivity contribution in [2.75, 3.05) is 19.7 Å². The van der Waals surface area contributed by atoms with E-state index in [9.17, 15) is 0 Å². The van der Waals surface area contributed by atoms with Crippen molar-refractivity contribution >= 4 is 21.7 Å². The third-order valence-electron chi connectivity index (χ3n) is 5.22. The van der Waals surface area contributed by atoms with Gasteiger partial charge in [-0.05, 0) is 52.8 Å². The Bertz CT molecular complexity index is 934. The molecule has 142 valence electrons. The minimum Gasteiger partial charge on any atom is -0.493 e. The van der Waals surface area contributed by atoms with E-state index in [-0.39, 0.29) is 0 Å². The number of hydrogen-bond donors (Lipinski definition) is 0. The van der Waals surface area contributed by atoms with Gasteiger partial charge in [-0.25, -0.2) is 9.97 Å². The number of pyridine rings is 2. The van der Waals surface area contributed by atoms with E-state index in [0.29, 0.717) is 12.0 Å². The molecular formula is C21H26N4OS. The number of hydrogen-bond acceptors (Lipinski definition) is 6. The van der Waals surface area contributed by atoms with Crippen LogP contribution in [-0.2, 0) is 0 Å². The maximum absolute atomic E-state index is 6.05. The normalized spacial score (nSPS) is 18.9. The summed E-state index contributed by atoms with van der Waals surface area (Å²) in [5, 5.41) is 1.07. The van der Waals surface area contributed by atoms with Crippen LogP contribution >= 0.6 is 11.3 Å². The van der Waals surface area contributed by atoms with Crippen LogP contribution in [0, 0.1) is 26.7 Å². The van der Waals surface area contributed by atoms with Crippen molar-refractivity contribution in [3.8, 4) is 5.75 Å². The Morgan fingerprint density at radius 1 is 1.15 bits per heavy atom. The Labute approximate surface area is 164 Å². The molecule has 4 rings (SSSR count). The number of aryl methyl sites for hydroxylation is 3. The van der Waals surface area contributed by atoms with Gasteiger partial charge in [0.15, 0.2) is 5.65 Å². The first-order chi connectivity index (χ1) is 13.0. The Balaban J connectivity index is 1.37. The molecule has 0 aromatic carbocycles. The molecule has 1 saturated heterocycles. The SMILES string of the molecule is Cc1cc(OC[C@@H]2CCN(C(C)c3ccc4sc(C)nc4n3)C2)cc(C)n1. The number of nitrogens with zero attached hydrogens (tertiary/aromatic N) is 4. The zero-order valence-corrected chi connectivity index (χ0v) is 17.2. The second-order valence-electron chi connectivity index (χ2n) is 7.51. The van der Waals surface area contributed by atoms with Crippen molar-refractivity contribution in [3.63, 3.8) is 0 Å². The monoisotopic (exact) mass is 382 g/mol. The van der Waals surface area contributed by atoms with Crippen LogP contribution < -0.4 is 4.74 Å². The summed E-state index contributed by atoms with van der Waals surface area (Å²) in [4.78, 5) is 16.2. The van der Waals surface area contributed by atoms with E-state index in [1.54, 1.807) is 11.3 Å².